The molecule has 0 aromatic heterocycles. The van der Waals surface area contributed by atoms with E-state index < -0.39 is 18.4 Å². The van der Waals surface area contributed by atoms with Gasteiger partial charge in [0.25, 0.3) is 0 Å². The van der Waals surface area contributed by atoms with Crippen molar-refractivity contribution in [2.45, 2.75) is 38.5 Å². The Morgan fingerprint density at radius 3 is 1.86 bits per heavy atom. The average molecular weight is 297 g/mol. The Morgan fingerprint density at radius 2 is 1.43 bits per heavy atom. The zero-order valence-corrected chi connectivity index (χ0v) is 12.9. The van der Waals surface area contributed by atoms with Crippen LogP contribution in [0.3, 0.4) is 0 Å². The molecule has 0 saturated heterocycles. The molecule has 0 radical (unpaired) electrons. The van der Waals surface area contributed by atoms with Gasteiger partial charge in [0.1, 0.15) is 0 Å². The molecule has 0 aliphatic heterocycles. The molecular weight excluding hydrogens is 275 g/mol. The van der Waals surface area contributed by atoms with Crippen LogP contribution >= 0.6 is 0 Å². The number of benzene rings is 1. The fraction of sp³-hybridized carbons (Fsp3) is 0.538. The summed E-state index contributed by atoms with van der Waals surface area (Å²) in [5, 5.41) is 0. The Bertz CT molecular complexity index is 271. The van der Waals surface area contributed by atoms with Crippen molar-refractivity contribution in [1.82, 2.24) is 0 Å². The van der Waals surface area contributed by atoms with Crippen molar-refractivity contribution in [3.63, 3.8) is 0 Å². The first-order valence-electron chi connectivity index (χ1n) is 5.48. The molecule has 2 atom stereocenters. The predicted molar refractivity (Wildman–Crippen MR) is 67.6 cm³/mol. The summed E-state index contributed by atoms with van der Waals surface area (Å²) in [5.74, 6) is 0.729. The monoisotopic (exact) mass is 298 g/mol. The minimum absolute atomic E-state index is 0.729. The standard InChI is InChI=1S/C10H13.3CH3.Sn/c1-3-9(2)10-7-5-4-6-8-10;;;;/h3-9H,1-2H3;3*1H3;/t9-;;;;/m1..../s1. The zero-order chi connectivity index (χ0) is 10.8. The Hall–Kier alpha value is 0.0187. The molecule has 0 fully saturated rings. The molecule has 1 aromatic rings. The van der Waals surface area contributed by atoms with Gasteiger partial charge >= 0.3 is 92.8 Å². The molecule has 0 unspecified atom stereocenters. The van der Waals surface area contributed by atoms with Crippen molar-refractivity contribution in [2.24, 2.45) is 0 Å². The van der Waals surface area contributed by atoms with Gasteiger partial charge < -0.3 is 0 Å². The molecule has 14 heavy (non-hydrogen) atoms. The van der Waals surface area contributed by atoms with Gasteiger partial charge in [0, 0.05) is 0 Å². The molecular formula is C13H22Sn. The maximum atomic E-state index is 2.53. The summed E-state index contributed by atoms with van der Waals surface area (Å²) in [6, 6.07) is 10.9. The van der Waals surface area contributed by atoms with Gasteiger partial charge in [-0.15, -0.1) is 0 Å². The molecule has 1 rings (SSSR count). The van der Waals surface area contributed by atoms with E-state index in [1.165, 1.54) is 5.56 Å². The van der Waals surface area contributed by atoms with Crippen LogP contribution in [-0.4, -0.2) is 18.4 Å². The predicted octanol–water partition coefficient (Wildman–Crippen LogP) is 4.52. The van der Waals surface area contributed by atoms with Crippen molar-refractivity contribution >= 4 is 18.4 Å². The van der Waals surface area contributed by atoms with E-state index in [1.807, 2.05) is 0 Å². The third-order valence-electron chi connectivity index (χ3n) is 3.44. The zero-order valence-electron chi connectivity index (χ0n) is 10.0. The van der Waals surface area contributed by atoms with E-state index in [4.69, 9.17) is 0 Å². The summed E-state index contributed by atoms with van der Waals surface area (Å²) < 4.78 is 0.909. The van der Waals surface area contributed by atoms with E-state index in [1.54, 1.807) is 0 Å². The summed E-state index contributed by atoms with van der Waals surface area (Å²) in [7, 11) is 0. The van der Waals surface area contributed by atoms with Crippen LogP contribution in [0.5, 0.6) is 0 Å². The fourth-order valence-corrected chi connectivity index (χ4v) is 6.63. The fourth-order valence-electron chi connectivity index (χ4n) is 1.80. The van der Waals surface area contributed by atoms with Crippen molar-refractivity contribution in [1.29, 1.82) is 0 Å². The van der Waals surface area contributed by atoms with Gasteiger partial charge in [-0.25, -0.2) is 0 Å². The summed E-state index contributed by atoms with van der Waals surface area (Å²) in [6.45, 7) is 4.82. The van der Waals surface area contributed by atoms with E-state index in [0.717, 1.165) is 9.85 Å². The van der Waals surface area contributed by atoms with Gasteiger partial charge in [0.15, 0.2) is 0 Å². The second kappa shape index (κ2) is 4.69. The number of rotatable bonds is 3. The summed E-state index contributed by atoms with van der Waals surface area (Å²) in [5.41, 5.74) is 1.51. The summed E-state index contributed by atoms with van der Waals surface area (Å²) >= 11 is -1.72. The van der Waals surface area contributed by atoms with Crippen LogP contribution in [0, 0.1) is 0 Å². The molecule has 0 amide bonds. The molecule has 0 bridgehead atoms. The van der Waals surface area contributed by atoms with E-state index in [0.29, 0.717) is 0 Å². The summed E-state index contributed by atoms with van der Waals surface area (Å²) in [6.07, 6.45) is 0. The Kier molecular flexibility index (Phi) is 4.05. The molecule has 0 saturated carbocycles. The molecule has 0 heterocycles. The molecule has 1 aromatic carbocycles. The minimum atomic E-state index is -1.72. The summed E-state index contributed by atoms with van der Waals surface area (Å²) in [4.78, 5) is 7.58. The van der Waals surface area contributed by atoms with Gasteiger partial charge in [-0.05, 0) is 0 Å². The second-order valence-electron chi connectivity index (χ2n) is 5.35. The average Bonchev–Trinajstić information content (AvgIpc) is 2.15. The van der Waals surface area contributed by atoms with E-state index >= 15 is 0 Å². The topological polar surface area (TPSA) is 0 Å². The molecule has 0 N–H and O–H groups in total. The van der Waals surface area contributed by atoms with Crippen molar-refractivity contribution in [2.75, 3.05) is 0 Å². The van der Waals surface area contributed by atoms with Gasteiger partial charge in [-0.3, -0.25) is 0 Å². The van der Waals surface area contributed by atoms with Crippen LogP contribution in [0.1, 0.15) is 25.3 Å². The van der Waals surface area contributed by atoms with Crippen LogP contribution in [-0.2, 0) is 0 Å². The Labute approximate surface area is 92.6 Å². The SMILES string of the molecule is C[C@@H](c1ccccc1)[C@H](C)[Sn]([CH3])([CH3])[CH3]. The third-order valence-corrected chi connectivity index (χ3v) is 12.7. The first-order chi connectivity index (χ1) is 6.43. The van der Waals surface area contributed by atoms with E-state index in [9.17, 15) is 0 Å². The third kappa shape index (κ3) is 3.01. The normalized spacial score (nSPS) is 16.4. The molecule has 78 valence electrons. The quantitative estimate of drug-likeness (QED) is 0.720. The van der Waals surface area contributed by atoms with E-state index in [2.05, 4.69) is 59.0 Å². The Balaban J connectivity index is 2.81. The Morgan fingerprint density at radius 1 is 0.929 bits per heavy atom. The number of hydrogen-bond donors (Lipinski definition) is 0. The van der Waals surface area contributed by atoms with Gasteiger partial charge in [0.05, 0.1) is 0 Å². The van der Waals surface area contributed by atoms with Crippen LogP contribution in [0.15, 0.2) is 30.3 Å². The van der Waals surface area contributed by atoms with Gasteiger partial charge in [-0.2, -0.15) is 0 Å². The second-order valence-corrected chi connectivity index (χ2v) is 21.5. The van der Waals surface area contributed by atoms with Crippen LogP contribution in [0.4, 0.5) is 0 Å². The van der Waals surface area contributed by atoms with Gasteiger partial charge in [-0.1, -0.05) is 0 Å². The van der Waals surface area contributed by atoms with Crippen molar-refractivity contribution < 1.29 is 0 Å². The molecule has 0 aliphatic carbocycles. The van der Waals surface area contributed by atoms with E-state index in [-0.39, 0.29) is 0 Å². The molecule has 1 heteroatoms. The van der Waals surface area contributed by atoms with Crippen molar-refractivity contribution in [3.05, 3.63) is 35.9 Å². The van der Waals surface area contributed by atoms with Crippen molar-refractivity contribution in [3.8, 4) is 0 Å². The van der Waals surface area contributed by atoms with Gasteiger partial charge in [0.2, 0.25) is 0 Å². The first kappa shape index (κ1) is 12.1. The maximum absolute atomic E-state index is 2.53. The van der Waals surface area contributed by atoms with Crippen LogP contribution in [0.25, 0.3) is 0 Å². The van der Waals surface area contributed by atoms with Crippen LogP contribution < -0.4 is 0 Å². The molecule has 0 spiro atoms. The first-order valence-corrected chi connectivity index (χ1v) is 15.7. The molecule has 0 nitrogen and oxygen atoms in total. The molecule has 0 aliphatic rings. The van der Waals surface area contributed by atoms with Crippen LogP contribution in [0.2, 0.25) is 18.8 Å². The number of hydrogen-bond acceptors (Lipinski definition) is 0.